The SMILES string of the molecule is COC(=O)c1ccc(NC(=O)c2cccc(NC(C)=O)c2)nc1. The Morgan fingerprint density at radius 1 is 1.04 bits per heavy atom. The number of hydrogen-bond acceptors (Lipinski definition) is 5. The van der Waals surface area contributed by atoms with Gasteiger partial charge in [-0.05, 0) is 30.3 Å². The molecule has 0 fully saturated rings. The van der Waals surface area contributed by atoms with E-state index in [1.807, 2.05) is 0 Å². The Morgan fingerprint density at radius 3 is 2.43 bits per heavy atom. The van der Waals surface area contributed by atoms with Gasteiger partial charge in [0.1, 0.15) is 5.82 Å². The molecule has 0 saturated heterocycles. The van der Waals surface area contributed by atoms with Crippen LogP contribution in [0, 0.1) is 0 Å². The minimum absolute atomic E-state index is 0.220. The fourth-order valence-electron chi connectivity index (χ4n) is 1.84. The average Bonchev–Trinajstić information content (AvgIpc) is 2.54. The van der Waals surface area contributed by atoms with Crippen LogP contribution < -0.4 is 10.6 Å². The van der Waals surface area contributed by atoms with Crippen molar-refractivity contribution >= 4 is 29.3 Å². The first-order valence-corrected chi connectivity index (χ1v) is 6.73. The summed E-state index contributed by atoms with van der Waals surface area (Å²) in [5, 5.41) is 5.21. The summed E-state index contributed by atoms with van der Waals surface area (Å²) in [6.45, 7) is 1.39. The molecule has 0 saturated carbocycles. The lowest BCUT2D eigenvalue weighted by Crippen LogP contribution is -2.14. The molecule has 2 aromatic rings. The van der Waals surface area contributed by atoms with Gasteiger partial charge in [0.2, 0.25) is 5.91 Å². The maximum Gasteiger partial charge on any atom is 0.339 e. The zero-order valence-electron chi connectivity index (χ0n) is 12.6. The van der Waals surface area contributed by atoms with Crippen LogP contribution >= 0.6 is 0 Å². The molecule has 2 rings (SSSR count). The van der Waals surface area contributed by atoms with Crippen LogP contribution in [0.2, 0.25) is 0 Å². The molecule has 1 aromatic carbocycles. The second-order valence-electron chi connectivity index (χ2n) is 4.64. The molecule has 0 unspecified atom stereocenters. The van der Waals surface area contributed by atoms with E-state index < -0.39 is 5.97 Å². The van der Waals surface area contributed by atoms with Crippen molar-refractivity contribution < 1.29 is 19.1 Å². The highest BCUT2D eigenvalue weighted by atomic mass is 16.5. The number of anilines is 2. The van der Waals surface area contributed by atoms with Gasteiger partial charge >= 0.3 is 5.97 Å². The van der Waals surface area contributed by atoms with Crippen LogP contribution in [-0.2, 0) is 9.53 Å². The van der Waals surface area contributed by atoms with Gasteiger partial charge in [-0.2, -0.15) is 0 Å². The first-order valence-electron chi connectivity index (χ1n) is 6.73. The Labute approximate surface area is 132 Å². The molecule has 0 aliphatic carbocycles. The molecule has 1 heterocycles. The van der Waals surface area contributed by atoms with Crippen molar-refractivity contribution in [2.24, 2.45) is 0 Å². The predicted molar refractivity (Wildman–Crippen MR) is 84.3 cm³/mol. The second-order valence-corrected chi connectivity index (χ2v) is 4.64. The summed E-state index contributed by atoms with van der Waals surface area (Å²) in [7, 11) is 1.28. The lowest BCUT2D eigenvalue weighted by molar-refractivity contribution is -0.114. The van der Waals surface area contributed by atoms with E-state index in [0.29, 0.717) is 17.1 Å². The third-order valence-electron chi connectivity index (χ3n) is 2.87. The van der Waals surface area contributed by atoms with E-state index in [4.69, 9.17) is 0 Å². The lowest BCUT2D eigenvalue weighted by Gasteiger charge is -2.07. The van der Waals surface area contributed by atoms with Crippen LogP contribution in [0.3, 0.4) is 0 Å². The van der Waals surface area contributed by atoms with E-state index in [1.54, 1.807) is 24.3 Å². The molecule has 0 aliphatic rings. The van der Waals surface area contributed by atoms with Crippen LogP contribution in [0.4, 0.5) is 11.5 Å². The molecule has 2 N–H and O–H groups in total. The molecule has 23 heavy (non-hydrogen) atoms. The van der Waals surface area contributed by atoms with Gasteiger partial charge in [-0.1, -0.05) is 6.07 Å². The predicted octanol–water partition coefficient (Wildman–Crippen LogP) is 2.08. The number of rotatable bonds is 4. The fraction of sp³-hybridized carbons (Fsp3) is 0.125. The van der Waals surface area contributed by atoms with Gasteiger partial charge in [0.15, 0.2) is 0 Å². The molecule has 118 valence electrons. The minimum atomic E-state index is -0.501. The number of benzene rings is 1. The van der Waals surface area contributed by atoms with Gasteiger partial charge < -0.3 is 15.4 Å². The third kappa shape index (κ3) is 4.37. The summed E-state index contributed by atoms with van der Waals surface area (Å²) in [5.41, 5.74) is 1.19. The monoisotopic (exact) mass is 313 g/mol. The normalized spacial score (nSPS) is 9.83. The Bertz CT molecular complexity index is 741. The minimum Gasteiger partial charge on any atom is -0.465 e. The van der Waals surface area contributed by atoms with E-state index in [-0.39, 0.29) is 17.4 Å². The molecule has 0 aliphatic heterocycles. The van der Waals surface area contributed by atoms with Crippen LogP contribution in [0.5, 0.6) is 0 Å². The smallest absolute Gasteiger partial charge is 0.339 e. The van der Waals surface area contributed by atoms with Crippen molar-refractivity contribution in [2.75, 3.05) is 17.7 Å². The van der Waals surface area contributed by atoms with Crippen LogP contribution in [0.15, 0.2) is 42.6 Å². The molecule has 0 radical (unpaired) electrons. The number of methoxy groups -OCH3 is 1. The maximum atomic E-state index is 12.2. The molecule has 7 heteroatoms. The molecule has 1 aromatic heterocycles. The Hall–Kier alpha value is -3.22. The van der Waals surface area contributed by atoms with Gasteiger partial charge in [-0.3, -0.25) is 9.59 Å². The Balaban J connectivity index is 2.09. The summed E-state index contributed by atoms with van der Waals surface area (Å²) in [4.78, 5) is 38.5. The van der Waals surface area contributed by atoms with Gasteiger partial charge in [0, 0.05) is 24.4 Å². The van der Waals surface area contributed by atoms with Crippen LogP contribution in [-0.4, -0.2) is 29.9 Å². The number of ether oxygens (including phenoxy) is 1. The number of pyridine rings is 1. The number of hydrogen-bond donors (Lipinski definition) is 2. The molecule has 0 spiro atoms. The summed E-state index contributed by atoms with van der Waals surface area (Å²) >= 11 is 0. The number of aromatic nitrogens is 1. The van der Waals surface area contributed by atoms with E-state index in [1.165, 1.54) is 32.4 Å². The largest absolute Gasteiger partial charge is 0.465 e. The third-order valence-corrected chi connectivity index (χ3v) is 2.87. The zero-order valence-corrected chi connectivity index (χ0v) is 12.6. The lowest BCUT2D eigenvalue weighted by atomic mass is 10.2. The highest BCUT2D eigenvalue weighted by molar-refractivity contribution is 6.05. The highest BCUT2D eigenvalue weighted by Gasteiger charge is 2.10. The Kier molecular flexibility index (Phi) is 5.03. The van der Waals surface area contributed by atoms with Crippen molar-refractivity contribution in [3.8, 4) is 0 Å². The number of nitrogens with zero attached hydrogens (tertiary/aromatic N) is 1. The summed E-state index contributed by atoms with van der Waals surface area (Å²) in [6.07, 6.45) is 1.31. The highest BCUT2D eigenvalue weighted by Crippen LogP contribution is 2.13. The van der Waals surface area contributed by atoms with E-state index in [0.717, 1.165) is 0 Å². The van der Waals surface area contributed by atoms with Gasteiger partial charge in [0.05, 0.1) is 12.7 Å². The topological polar surface area (TPSA) is 97.4 Å². The van der Waals surface area contributed by atoms with Gasteiger partial charge in [-0.15, -0.1) is 0 Å². The second kappa shape index (κ2) is 7.17. The zero-order chi connectivity index (χ0) is 16.8. The molecule has 0 atom stereocenters. The molecular formula is C16H15N3O4. The van der Waals surface area contributed by atoms with Crippen LogP contribution in [0.1, 0.15) is 27.6 Å². The first-order chi connectivity index (χ1) is 11.0. The van der Waals surface area contributed by atoms with Crippen molar-refractivity contribution in [3.63, 3.8) is 0 Å². The summed E-state index contributed by atoms with van der Waals surface area (Å²) in [5.74, 6) is -0.802. The molecule has 0 bridgehead atoms. The number of amides is 2. The number of esters is 1. The van der Waals surface area contributed by atoms with Crippen molar-refractivity contribution in [3.05, 3.63) is 53.7 Å². The van der Waals surface area contributed by atoms with Crippen molar-refractivity contribution in [2.45, 2.75) is 6.92 Å². The van der Waals surface area contributed by atoms with Gasteiger partial charge in [0.25, 0.3) is 5.91 Å². The van der Waals surface area contributed by atoms with Crippen molar-refractivity contribution in [1.82, 2.24) is 4.98 Å². The van der Waals surface area contributed by atoms with Crippen molar-refractivity contribution in [1.29, 1.82) is 0 Å². The fourth-order valence-corrected chi connectivity index (χ4v) is 1.84. The number of carbonyl (C=O) groups is 3. The molecule has 2 amide bonds. The average molecular weight is 313 g/mol. The van der Waals surface area contributed by atoms with E-state index >= 15 is 0 Å². The number of nitrogens with one attached hydrogen (secondary N) is 2. The number of carbonyl (C=O) groups excluding carboxylic acids is 3. The first kappa shape index (κ1) is 16.2. The molecular weight excluding hydrogens is 298 g/mol. The summed E-state index contributed by atoms with van der Waals surface area (Å²) in [6, 6.07) is 9.52. The van der Waals surface area contributed by atoms with E-state index in [2.05, 4.69) is 20.4 Å². The maximum absolute atomic E-state index is 12.2. The molecule has 7 nitrogen and oxygen atoms in total. The Morgan fingerprint density at radius 2 is 1.83 bits per heavy atom. The summed E-state index contributed by atoms with van der Waals surface area (Å²) < 4.78 is 4.57. The van der Waals surface area contributed by atoms with E-state index in [9.17, 15) is 14.4 Å². The van der Waals surface area contributed by atoms with Gasteiger partial charge in [-0.25, -0.2) is 9.78 Å². The van der Waals surface area contributed by atoms with Crippen LogP contribution in [0.25, 0.3) is 0 Å². The standard InChI is InChI=1S/C16H15N3O4/c1-10(20)18-13-5-3-4-11(8-13)15(21)19-14-7-6-12(9-17-14)16(22)23-2/h3-9H,1-2H3,(H,18,20)(H,17,19,21). The quantitative estimate of drug-likeness (QED) is 0.842.